The normalized spacial score (nSPS) is 14.3. The summed E-state index contributed by atoms with van der Waals surface area (Å²) in [5, 5.41) is 2.48. The topological polar surface area (TPSA) is 6.48 Å². The number of anilines is 6. The third-order valence-electron chi connectivity index (χ3n) is 12.8. The minimum Gasteiger partial charge on any atom is -0.310 e. The van der Waals surface area contributed by atoms with E-state index in [1.54, 1.807) is 0 Å². The number of hydrogen-bond acceptors (Lipinski definition) is 2. The SMILES string of the molecule is c1ccc(-c2ccc(N(c3ccccc3)c3ccc4c(c3)-c3ccccc3C43c4ccccc4-c4c3cc(N(c3ccccc3)c3ccccc3)c3ccccc43)cc2)cc1. The minimum atomic E-state index is -0.539. The van der Waals surface area contributed by atoms with Crippen molar-refractivity contribution in [1.82, 2.24) is 0 Å². The summed E-state index contributed by atoms with van der Waals surface area (Å²) in [4.78, 5) is 4.83. The van der Waals surface area contributed by atoms with E-state index in [-0.39, 0.29) is 0 Å². The summed E-state index contributed by atoms with van der Waals surface area (Å²) in [5.74, 6) is 0. The van der Waals surface area contributed by atoms with Crippen LogP contribution in [0.5, 0.6) is 0 Å². The molecule has 0 N–H and O–H groups in total. The van der Waals surface area contributed by atoms with Gasteiger partial charge in [0.1, 0.15) is 0 Å². The van der Waals surface area contributed by atoms with Crippen LogP contribution in [0.3, 0.4) is 0 Å². The average molecular weight is 777 g/mol. The lowest BCUT2D eigenvalue weighted by molar-refractivity contribution is 0.794. The maximum Gasteiger partial charge on any atom is 0.0726 e. The van der Waals surface area contributed by atoms with Crippen molar-refractivity contribution in [3.8, 4) is 33.4 Å². The second-order valence-corrected chi connectivity index (χ2v) is 16.0. The van der Waals surface area contributed by atoms with Gasteiger partial charge in [0, 0.05) is 33.8 Å². The van der Waals surface area contributed by atoms with E-state index in [2.05, 4.69) is 252 Å². The van der Waals surface area contributed by atoms with E-state index in [0.29, 0.717) is 0 Å². The molecule has 286 valence electrons. The first-order chi connectivity index (χ1) is 30.3. The van der Waals surface area contributed by atoms with Crippen LogP contribution in [0.1, 0.15) is 22.3 Å². The molecule has 10 aromatic carbocycles. The van der Waals surface area contributed by atoms with Gasteiger partial charge in [-0.2, -0.15) is 0 Å². The largest absolute Gasteiger partial charge is 0.310 e. The zero-order chi connectivity index (χ0) is 40.3. The molecule has 1 atom stereocenters. The summed E-state index contributed by atoms with van der Waals surface area (Å²) in [5.41, 5.74) is 19.0. The molecule has 0 radical (unpaired) electrons. The van der Waals surface area contributed by atoms with Crippen LogP contribution in [0, 0.1) is 0 Å². The van der Waals surface area contributed by atoms with Gasteiger partial charge in [0.05, 0.1) is 11.1 Å². The Balaban J connectivity index is 1.11. The molecule has 1 unspecified atom stereocenters. The van der Waals surface area contributed by atoms with Crippen molar-refractivity contribution in [3.05, 3.63) is 265 Å². The van der Waals surface area contributed by atoms with E-state index in [0.717, 1.165) is 34.1 Å². The van der Waals surface area contributed by atoms with Gasteiger partial charge in [0.2, 0.25) is 0 Å². The average Bonchev–Trinajstić information content (AvgIpc) is 3.80. The molecule has 0 heterocycles. The molecule has 0 bridgehead atoms. The molecule has 0 aliphatic heterocycles. The number of fused-ring (bicyclic) bond motifs is 12. The molecule has 0 fully saturated rings. The fourth-order valence-electron chi connectivity index (χ4n) is 10.3. The van der Waals surface area contributed by atoms with Crippen LogP contribution in [0.25, 0.3) is 44.2 Å². The van der Waals surface area contributed by atoms with Gasteiger partial charge in [0.15, 0.2) is 0 Å². The third kappa shape index (κ3) is 5.36. The quantitative estimate of drug-likeness (QED) is 0.159. The van der Waals surface area contributed by atoms with Crippen molar-refractivity contribution in [2.24, 2.45) is 0 Å². The van der Waals surface area contributed by atoms with E-state index < -0.39 is 5.41 Å². The van der Waals surface area contributed by atoms with Gasteiger partial charge < -0.3 is 9.80 Å². The molecule has 0 amide bonds. The monoisotopic (exact) mass is 776 g/mol. The Labute approximate surface area is 356 Å². The Hall–Kier alpha value is -7.94. The molecule has 61 heavy (non-hydrogen) atoms. The van der Waals surface area contributed by atoms with Crippen LogP contribution in [0.4, 0.5) is 34.1 Å². The predicted octanol–water partition coefficient (Wildman–Crippen LogP) is 15.8. The van der Waals surface area contributed by atoms with E-state index in [9.17, 15) is 0 Å². The first-order valence-corrected chi connectivity index (χ1v) is 21.1. The highest BCUT2D eigenvalue weighted by molar-refractivity contribution is 6.12. The predicted molar refractivity (Wildman–Crippen MR) is 255 cm³/mol. The highest BCUT2D eigenvalue weighted by Crippen LogP contribution is 2.65. The number of benzene rings is 10. The van der Waals surface area contributed by atoms with Crippen molar-refractivity contribution in [2.75, 3.05) is 9.80 Å². The molecule has 0 saturated carbocycles. The molecule has 0 aromatic heterocycles. The third-order valence-corrected chi connectivity index (χ3v) is 12.8. The lowest BCUT2D eigenvalue weighted by atomic mass is 9.70. The summed E-state index contributed by atoms with van der Waals surface area (Å²) in [6, 6.07) is 88.9. The Morgan fingerprint density at radius 1 is 0.262 bits per heavy atom. The first-order valence-electron chi connectivity index (χ1n) is 21.1. The lowest BCUT2D eigenvalue weighted by Gasteiger charge is -2.33. The summed E-state index contributed by atoms with van der Waals surface area (Å²) in [7, 11) is 0. The van der Waals surface area contributed by atoms with Gasteiger partial charge in [-0.1, -0.05) is 176 Å². The Bertz CT molecular complexity index is 3190. The van der Waals surface area contributed by atoms with Gasteiger partial charge in [-0.25, -0.2) is 0 Å². The van der Waals surface area contributed by atoms with E-state index in [1.807, 2.05) is 0 Å². The van der Waals surface area contributed by atoms with Crippen LogP contribution in [0.2, 0.25) is 0 Å². The Morgan fingerprint density at radius 3 is 1.34 bits per heavy atom. The van der Waals surface area contributed by atoms with Crippen LogP contribution >= 0.6 is 0 Å². The zero-order valence-electron chi connectivity index (χ0n) is 33.5. The molecule has 0 saturated heterocycles. The molecule has 2 nitrogen and oxygen atoms in total. The van der Waals surface area contributed by atoms with Gasteiger partial charge in [0.25, 0.3) is 0 Å². The maximum absolute atomic E-state index is 2.52. The van der Waals surface area contributed by atoms with Crippen LogP contribution in [-0.2, 0) is 5.41 Å². The number of rotatable bonds is 7. The van der Waals surface area contributed by atoms with Crippen molar-refractivity contribution in [2.45, 2.75) is 5.41 Å². The second kappa shape index (κ2) is 14.1. The molecular formula is C59H40N2. The van der Waals surface area contributed by atoms with Gasteiger partial charge in [-0.05, 0) is 128 Å². The summed E-state index contributed by atoms with van der Waals surface area (Å²) in [6.07, 6.45) is 0. The first kappa shape index (κ1) is 35.0. The van der Waals surface area contributed by atoms with E-state index in [1.165, 1.54) is 66.4 Å². The summed E-state index contributed by atoms with van der Waals surface area (Å²) in [6.45, 7) is 0. The lowest BCUT2D eigenvalue weighted by Crippen LogP contribution is -2.26. The van der Waals surface area contributed by atoms with Crippen LogP contribution in [-0.4, -0.2) is 0 Å². The Kier molecular flexibility index (Phi) is 8.11. The summed E-state index contributed by atoms with van der Waals surface area (Å²) < 4.78 is 0. The van der Waals surface area contributed by atoms with Gasteiger partial charge in [-0.3, -0.25) is 0 Å². The smallest absolute Gasteiger partial charge is 0.0726 e. The van der Waals surface area contributed by atoms with Crippen LogP contribution in [0.15, 0.2) is 243 Å². The Morgan fingerprint density at radius 2 is 0.705 bits per heavy atom. The van der Waals surface area contributed by atoms with Crippen molar-refractivity contribution in [1.29, 1.82) is 0 Å². The number of hydrogen-bond donors (Lipinski definition) is 0. The minimum absolute atomic E-state index is 0.539. The number of para-hydroxylation sites is 3. The van der Waals surface area contributed by atoms with E-state index >= 15 is 0 Å². The van der Waals surface area contributed by atoms with Crippen molar-refractivity contribution >= 4 is 44.9 Å². The standard InChI is InChI=1S/C59H40N2/c1-5-19-41(20-6-1)42-33-35-46(36-34-42)60(43-21-7-2-8-22-43)47-37-38-55-52(39-47)48-27-15-17-31-53(48)59(55)54-32-18-16-30-51(54)58-50-29-14-13-28-49(50)57(40-56(58)59)61(44-23-9-3-10-24-44)45-25-11-4-12-26-45/h1-40H. The molecule has 2 aliphatic rings. The summed E-state index contributed by atoms with van der Waals surface area (Å²) >= 11 is 0. The molecule has 10 aromatic rings. The fraction of sp³-hybridized carbons (Fsp3) is 0.0169. The number of nitrogens with zero attached hydrogens (tertiary/aromatic N) is 2. The van der Waals surface area contributed by atoms with Gasteiger partial charge >= 0.3 is 0 Å². The van der Waals surface area contributed by atoms with Crippen molar-refractivity contribution in [3.63, 3.8) is 0 Å². The highest BCUT2D eigenvalue weighted by atomic mass is 15.1. The molecule has 2 aliphatic carbocycles. The highest BCUT2D eigenvalue weighted by Gasteiger charge is 2.52. The maximum atomic E-state index is 2.52. The second-order valence-electron chi connectivity index (χ2n) is 16.0. The fourth-order valence-corrected chi connectivity index (χ4v) is 10.3. The van der Waals surface area contributed by atoms with Crippen LogP contribution < -0.4 is 9.80 Å². The van der Waals surface area contributed by atoms with Gasteiger partial charge in [-0.15, -0.1) is 0 Å². The molecule has 12 rings (SSSR count). The van der Waals surface area contributed by atoms with Crippen molar-refractivity contribution < 1.29 is 0 Å². The molecular weight excluding hydrogens is 737 g/mol. The van der Waals surface area contributed by atoms with E-state index in [4.69, 9.17) is 0 Å². The molecule has 1 spiro atoms. The molecule has 2 heteroatoms. The zero-order valence-corrected chi connectivity index (χ0v) is 33.5.